The average molecular weight is 473 g/mol. The number of rotatable bonds is 11. The molecule has 0 aliphatic rings. The van der Waals surface area contributed by atoms with E-state index in [-0.39, 0.29) is 40.8 Å². The molecule has 0 saturated heterocycles. The molecule has 8 heteroatoms. The Bertz CT molecular complexity index is 811. The van der Waals surface area contributed by atoms with E-state index in [0.29, 0.717) is 6.61 Å². The van der Waals surface area contributed by atoms with Gasteiger partial charge >= 0.3 is 5.97 Å². The van der Waals surface area contributed by atoms with E-state index in [0.717, 1.165) is 5.56 Å². The molecule has 3 atom stereocenters. The Morgan fingerprint density at radius 2 is 1.55 bits per heavy atom. The van der Waals surface area contributed by atoms with Gasteiger partial charge < -0.3 is 9.16 Å². The van der Waals surface area contributed by atoms with Crippen LogP contribution < -0.4 is 0 Å². The zero-order valence-electron chi connectivity index (χ0n) is 20.5. The largest absolute Gasteiger partial charge is 0.462 e. The van der Waals surface area contributed by atoms with E-state index in [4.69, 9.17) is 13.3 Å². The van der Waals surface area contributed by atoms with Gasteiger partial charge in [-0.25, -0.2) is 0 Å². The highest BCUT2D eigenvalue weighted by Crippen LogP contribution is 2.37. The molecule has 0 aliphatic carbocycles. The second-order valence-electron chi connectivity index (χ2n) is 9.89. The maximum atomic E-state index is 12.5. The zero-order valence-corrected chi connectivity index (χ0v) is 22.3. The lowest BCUT2D eigenvalue weighted by Crippen LogP contribution is -2.44. The van der Waals surface area contributed by atoms with E-state index < -0.39 is 24.5 Å². The first kappa shape index (κ1) is 27.8. The van der Waals surface area contributed by atoms with Crippen molar-refractivity contribution in [2.75, 3.05) is 13.2 Å². The van der Waals surface area contributed by atoms with Crippen LogP contribution in [0.5, 0.6) is 0 Å². The molecule has 0 bridgehead atoms. The molecule has 0 saturated carbocycles. The number of hydrogen-bond donors (Lipinski definition) is 0. The van der Waals surface area contributed by atoms with Crippen molar-refractivity contribution < 1.29 is 26.6 Å². The molecule has 31 heavy (non-hydrogen) atoms. The molecule has 1 rings (SSSR count). The first-order valence-electron chi connectivity index (χ1n) is 10.9. The Balaban J connectivity index is 2.89. The van der Waals surface area contributed by atoms with Crippen LogP contribution >= 0.6 is 0 Å². The van der Waals surface area contributed by atoms with Gasteiger partial charge in [-0.1, -0.05) is 59.2 Å². The minimum atomic E-state index is -3.89. The number of ether oxygens (including phenoxy) is 1. The predicted molar refractivity (Wildman–Crippen MR) is 126 cm³/mol. The van der Waals surface area contributed by atoms with Gasteiger partial charge in [-0.15, -0.1) is 0 Å². The Kier molecular flexibility index (Phi) is 9.93. The van der Waals surface area contributed by atoms with E-state index in [1.54, 1.807) is 19.1 Å². The average Bonchev–Trinajstić information content (AvgIpc) is 2.67. The molecule has 178 valence electrons. The van der Waals surface area contributed by atoms with E-state index in [1.165, 1.54) is 12.1 Å². The highest BCUT2D eigenvalue weighted by atomic mass is 32.2. The Labute approximate surface area is 189 Å². The van der Waals surface area contributed by atoms with Gasteiger partial charge in [0.15, 0.2) is 8.32 Å². The van der Waals surface area contributed by atoms with Gasteiger partial charge in [0.05, 0.1) is 11.5 Å². The van der Waals surface area contributed by atoms with Gasteiger partial charge in [-0.2, -0.15) is 8.42 Å². The summed E-state index contributed by atoms with van der Waals surface area (Å²) >= 11 is 0. The fourth-order valence-corrected chi connectivity index (χ4v) is 4.86. The third kappa shape index (κ3) is 8.33. The summed E-state index contributed by atoms with van der Waals surface area (Å²) < 4.78 is 42.4. The van der Waals surface area contributed by atoms with Gasteiger partial charge in [0.1, 0.15) is 6.10 Å². The standard InChI is InChI=1S/C23H40O6SSi/c1-10-21(24)29-22(19(4)16-28-31(8,9)23(5,6)7)18(3)15-27-30(25,26)20-13-11-17(2)12-14-20/h11-14,18-19,22H,10,15-16H2,1-9H3/t18-,19-,22-/m0/s1. The van der Waals surface area contributed by atoms with E-state index in [1.807, 2.05) is 20.8 Å². The van der Waals surface area contributed by atoms with E-state index >= 15 is 0 Å². The van der Waals surface area contributed by atoms with Crippen molar-refractivity contribution in [3.8, 4) is 0 Å². The second kappa shape index (κ2) is 11.1. The van der Waals surface area contributed by atoms with Crippen molar-refractivity contribution in [2.45, 2.75) is 84.0 Å². The van der Waals surface area contributed by atoms with Gasteiger partial charge in [0.25, 0.3) is 10.1 Å². The molecule has 0 radical (unpaired) electrons. The summed E-state index contributed by atoms with van der Waals surface area (Å²) in [6, 6.07) is 6.51. The highest BCUT2D eigenvalue weighted by molar-refractivity contribution is 7.86. The predicted octanol–water partition coefficient (Wildman–Crippen LogP) is 5.32. The summed E-state index contributed by atoms with van der Waals surface area (Å²) in [6.45, 7) is 18.6. The van der Waals surface area contributed by atoms with Gasteiger partial charge in [0, 0.05) is 24.9 Å². The maximum absolute atomic E-state index is 12.5. The normalized spacial score (nSPS) is 15.9. The van der Waals surface area contributed by atoms with Crippen LogP contribution in [-0.2, 0) is 28.3 Å². The monoisotopic (exact) mass is 472 g/mol. The van der Waals surface area contributed by atoms with Crippen LogP contribution in [0.2, 0.25) is 18.1 Å². The maximum Gasteiger partial charge on any atom is 0.305 e. The second-order valence-corrected chi connectivity index (χ2v) is 16.3. The van der Waals surface area contributed by atoms with Crippen molar-refractivity contribution in [2.24, 2.45) is 11.8 Å². The molecule has 0 spiro atoms. The molecule has 1 aromatic carbocycles. The molecule has 0 unspecified atom stereocenters. The van der Waals surface area contributed by atoms with E-state index in [9.17, 15) is 13.2 Å². The van der Waals surface area contributed by atoms with Crippen LogP contribution in [0.4, 0.5) is 0 Å². The van der Waals surface area contributed by atoms with Crippen LogP contribution in [0.25, 0.3) is 0 Å². The number of carbonyl (C=O) groups excluding carboxylic acids is 1. The Morgan fingerprint density at radius 3 is 2.03 bits per heavy atom. The quantitative estimate of drug-likeness (QED) is 0.246. The third-order valence-electron chi connectivity index (χ3n) is 5.99. The van der Waals surface area contributed by atoms with Crippen LogP contribution in [0.1, 0.15) is 53.5 Å². The fourth-order valence-electron chi connectivity index (χ4n) is 2.74. The van der Waals surface area contributed by atoms with E-state index in [2.05, 4.69) is 33.9 Å². The number of esters is 1. The molecule has 0 N–H and O–H groups in total. The van der Waals surface area contributed by atoms with Crippen LogP contribution in [0.3, 0.4) is 0 Å². The summed E-state index contributed by atoms with van der Waals surface area (Å²) in [5, 5.41) is 0.0686. The van der Waals surface area contributed by atoms with Crippen LogP contribution in [0, 0.1) is 18.8 Å². The summed E-state index contributed by atoms with van der Waals surface area (Å²) in [5.41, 5.74) is 0.967. The minimum absolute atomic E-state index is 0.0686. The third-order valence-corrected chi connectivity index (χ3v) is 11.8. The molecule has 0 aromatic heterocycles. The molecular formula is C23H40O6SSi. The summed E-state index contributed by atoms with van der Waals surface area (Å²) in [4.78, 5) is 12.1. The van der Waals surface area contributed by atoms with Crippen molar-refractivity contribution in [3.63, 3.8) is 0 Å². The van der Waals surface area contributed by atoms with Gasteiger partial charge in [0.2, 0.25) is 0 Å². The lowest BCUT2D eigenvalue weighted by Gasteiger charge is -2.38. The number of hydrogen-bond acceptors (Lipinski definition) is 6. The topological polar surface area (TPSA) is 78.9 Å². The van der Waals surface area contributed by atoms with Crippen molar-refractivity contribution in [1.82, 2.24) is 0 Å². The first-order chi connectivity index (χ1) is 14.1. The lowest BCUT2D eigenvalue weighted by atomic mass is 9.94. The lowest BCUT2D eigenvalue weighted by molar-refractivity contribution is -0.155. The molecule has 6 nitrogen and oxygen atoms in total. The van der Waals surface area contributed by atoms with Crippen molar-refractivity contribution >= 4 is 24.4 Å². The number of benzene rings is 1. The zero-order chi connectivity index (χ0) is 24.0. The minimum Gasteiger partial charge on any atom is -0.462 e. The molecule has 0 fully saturated rings. The highest BCUT2D eigenvalue weighted by Gasteiger charge is 2.38. The first-order valence-corrected chi connectivity index (χ1v) is 15.2. The summed E-state index contributed by atoms with van der Waals surface area (Å²) in [6.07, 6.45) is -0.257. The molecular weight excluding hydrogens is 432 g/mol. The molecule has 0 heterocycles. The van der Waals surface area contributed by atoms with Crippen LogP contribution in [-0.4, -0.2) is 42.0 Å². The molecule has 1 aromatic rings. The Morgan fingerprint density at radius 1 is 1.03 bits per heavy atom. The van der Waals surface area contributed by atoms with Crippen LogP contribution in [0.15, 0.2) is 29.2 Å². The van der Waals surface area contributed by atoms with Crippen molar-refractivity contribution in [1.29, 1.82) is 0 Å². The Hall–Kier alpha value is -1.22. The molecule has 0 amide bonds. The molecule has 0 aliphatic heterocycles. The fraction of sp³-hybridized carbons (Fsp3) is 0.696. The van der Waals surface area contributed by atoms with Gasteiger partial charge in [-0.3, -0.25) is 8.98 Å². The SMILES string of the molecule is CCC(=O)O[C@H]([C@@H](C)CO[Si](C)(C)C(C)(C)C)[C@@H](C)COS(=O)(=O)c1ccc(C)cc1. The van der Waals surface area contributed by atoms with Gasteiger partial charge in [-0.05, 0) is 37.2 Å². The number of carbonyl (C=O) groups is 1. The summed E-state index contributed by atoms with van der Waals surface area (Å²) in [7, 11) is -5.85. The number of aryl methyl sites for hydroxylation is 1. The van der Waals surface area contributed by atoms with Crippen molar-refractivity contribution in [3.05, 3.63) is 29.8 Å². The summed E-state index contributed by atoms with van der Waals surface area (Å²) in [5.74, 6) is -0.753. The smallest absolute Gasteiger partial charge is 0.305 e.